The van der Waals surface area contributed by atoms with Crippen LogP contribution in [0.5, 0.6) is 11.5 Å². The van der Waals surface area contributed by atoms with E-state index in [1.165, 1.54) is 16.9 Å². The Hall–Kier alpha value is -3.01. The molecule has 4 nitrogen and oxygen atoms in total. The first kappa shape index (κ1) is 18.4. The Balaban J connectivity index is 1.70. The summed E-state index contributed by atoms with van der Waals surface area (Å²) in [6, 6.07) is 12.1. The van der Waals surface area contributed by atoms with Crippen LogP contribution < -0.4 is 14.4 Å². The van der Waals surface area contributed by atoms with E-state index in [4.69, 9.17) is 9.47 Å². The number of methoxy groups -OCH3 is 2. The number of rotatable bonds is 3. The Bertz CT molecular complexity index is 1030. The number of Topliss-reactive ketones (excluding diaryl/α,β-unsaturated/α-hetero) is 1. The molecule has 2 aromatic rings. The summed E-state index contributed by atoms with van der Waals surface area (Å²) in [5, 5.41) is 0. The molecule has 0 spiro atoms. The van der Waals surface area contributed by atoms with Crippen LogP contribution in [0.25, 0.3) is 0 Å². The van der Waals surface area contributed by atoms with Crippen LogP contribution in [0.4, 0.5) is 5.69 Å². The fraction of sp³-hybridized carbons (Fsp3) is 0.292. The number of para-hydroxylation sites is 1. The molecule has 4 heteroatoms. The summed E-state index contributed by atoms with van der Waals surface area (Å²) in [5.41, 5.74) is 6.06. The van der Waals surface area contributed by atoms with Gasteiger partial charge >= 0.3 is 0 Å². The lowest BCUT2D eigenvalue weighted by molar-refractivity contribution is 0.103. The predicted molar refractivity (Wildman–Crippen MR) is 112 cm³/mol. The van der Waals surface area contributed by atoms with Crippen molar-refractivity contribution in [2.24, 2.45) is 0 Å². The van der Waals surface area contributed by atoms with Crippen molar-refractivity contribution in [2.75, 3.05) is 26.2 Å². The van der Waals surface area contributed by atoms with Gasteiger partial charge in [-0.2, -0.15) is 0 Å². The highest BCUT2D eigenvalue weighted by atomic mass is 16.5. The molecule has 1 heterocycles. The van der Waals surface area contributed by atoms with Gasteiger partial charge in [0.15, 0.2) is 17.3 Å². The predicted octanol–water partition coefficient (Wildman–Crippen LogP) is 4.68. The van der Waals surface area contributed by atoms with Gasteiger partial charge in [0.1, 0.15) is 0 Å². The number of ether oxygens (including phenoxy) is 2. The lowest BCUT2D eigenvalue weighted by Gasteiger charge is -2.23. The minimum Gasteiger partial charge on any atom is -0.493 e. The molecule has 0 saturated heterocycles. The number of anilines is 1. The molecule has 2 aromatic carbocycles. The summed E-state index contributed by atoms with van der Waals surface area (Å²) in [6.07, 6.45) is 4.67. The molecule has 144 valence electrons. The maximum absolute atomic E-state index is 12.9. The molecule has 0 bridgehead atoms. The molecular formula is C24H25NO3. The number of hydrogen-bond acceptors (Lipinski definition) is 4. The molecule has 0 fully saturated rings. The van der Waals surface area contributed by atoms with Crippen molar-refractivity contribution in [1.82, 2.24) is 0 Å². The molecule has 0 amide bonds. The number of ketones is 1. The number of carbonyl (C=O) groups is 1. The highest BCUT2D eigenvalue weighted by Gasteiger charge is 2.38. The summed E-state index contributed by atoms with van der Waals surface area (Å²) in [5.74, 6) is 1.30. The molecule has 0 radical (unpaired) electrons. The van der Waals surface area contributed by atoms with E-state index in [0.29, 0.717) is 23.5 Å². The van der Waals surface area contributed by atoms with Crippen LogP contribution in [0, 0.1) is 0 Å². The minimum absolute atomic E-state index is 0.0590. The molecule has 0 saturated carbocycles. The zero-order valence-electron chi connectivity index (χ0n) is 17.0. The van der Waals surface area contributed by atoms with E-state index < -0.39 is 0 Å². The summed E-state index contributed by atoms with van der Waals surface area (Å²) in [7, 11) is 5.28. The maximum atomic E-state index is 12.9. The largest absolute Gasteiger partial charge is 0.493 e. The lowest BCUT2D eigenvalue weighted by atomic mass is 9.83. The summed E-state index contributed by atoms with van der Waals surface area (Å²) in [4.78, 5) is 15.1. The van der Waals surface area contributed by atoms with Gasteiger partial charge in [0.25, 0.3) is 0 Å². The number of likely N-dealkylation sites (N-methyl/N-ethyl adjacent to an activating group) is 1. The molecule has 0 unspecified atom stereocenters. The van der Waals surface area contributed by atoms with Crippen LogP contribution in [-0.4, -0.2) is 27.1 Å². The molecular weight excluding hydrogens is 350 g/mol. The fourth-order valence-electron chi connectivity index (χ4n) is 4.35. The second-order valence-electron chi connectivity index (χ2n) is 7.82. The Labute approximate surface area is 166 Å². The van der Waals surface area contributed by atoms with E-state index in [1.54, 1.807) is 20.3 Å². The SMILES string of the molecule is COc1cc2c(cc1OC)C(=O)C(=CC=C1N(C)c3ccccc3C1(C)C)C2. The van der Waals surface area contributed by atoms with Crippen molar-refractivity contribution in [2.45, 2.75) is 25.7 Å². The van der Waals surface area contributed by atoms with Gasteiger partial charge in [0.05, 0.1) is 14.2 Å². The quantitative estimate of drug-likeness (QED) is 0.730. The Morgan fingerprint density at radius 1 is 1.04 bits per heavy atom. The van der Waals surface area contributed by atoms with E-state index in [-0.39, 0.29) is 11.2 Å². The first-order chi connectivity index (χ1) is 13.4. The maximum Gasteiger partial charge on any atom is 0.189 e. The molecule has 2 aliphatic rings. The normalized spacial score (nSPS) is 19.9. The van der Waals surface area contributed by atoms with Gasteiger partial charge < -0.3 is 14.4 Å². The first-order valence-corrected chi connectivity index (χ1v) is 9.42. The second-order valence-corrected chi connectivity index (χ2v) is 7.82. The summed E-state index contributed by atoms with van der Waals surface area (Å²) < 4.78 is 10.7. The van der Waals surface area contributed by atoms with Gasteiger partial charge in [-0.25, -0.2) is 0 Å². The molecule has 0 aromatic heterocycles. The van der Waals surface area contributed by atoms with Gasteiger partial charge in [0.2, 0.25) is 0 Å². The Kier molecular flexibility index (Phi) is 4.30. The van der Waals surface area contributed by atoms with Crippen LogP contribution in [0.15, 0.2) is 59.8 Å². The van der Waals surface area contributed by atoms with Crippen molar-refractivity contribution in [3.8, 4) is 11.5 Å². The third-order valence-electron chi connectivity index (χ3n) is 5.91. The van der Waals surface area contributed by atoms with E-state index >= 15 is 0 Å². The molecule has 1 aliphatic carbocycles. The van der Waals surface area contributed by atoms with Gasteiger partial charge in [-0.1, -0.05) is 38.1 Å². The Morgan fingerprint density at radius 2 is 1.71 bits per heavy atom. The molecule has 0 N–H and O–H groups in total. The van der Waals surface area contributed by atoms with E-state index in [1.807, 2.05) is 12.1 Å². The number of fused-ring (bicyclic) bond motifs is 2. The van der Waals surface area contributed by atoms with E-state index in [9.17, 15) is 4.79 Å². The molecule has 28 heavy (non-hydrogen) atoms. The second kappa shape index (κ2) is 6.55. The lowest BCUT2D eigenvalue weighted by Crippen LogP contribution is -2.22. The highest BCUT2D eigenvalue weighted by Crippen LogP contribution is 2.46. The van der Waals surface area contributed by atoms with Crippen molar-refractivity contribution in [1.29, 1.82) is 0 Å². The van der Waals surface area contributed by atoms with Crippen LogP contribution >= 0.6 is 0 Å². The van der Waals surface area contributed by atoms with Crippen molar-refractivity contribution >= 4 is 11.5 Å². The highest BCUT2D eigenvalue weighted by molar-refractivity contribution is 6.13. The third-order valence-corrected chi connectivity index (χ3v) is 5.91. The number of hydrogen-bond donors (Lipinski definition) is 0. The van der Waals surface area contributed by atoms with Gasteiger partial charge in [-0.05, 0) is 35.4 Å². The Morgan fingerprint density at radius 3 is 2.39 bits per heavy atom. The number of benzene rings is 2. The topological polar surface area (TPSA) is 38.8 Å². The molecule has 4 rings (SSSR count). The van der Waals surface area contributed by atoms with Gasteiger partial charge in [-0.15, -0.1) is 0 Å². The number of allylic oxidation sites excluding steroid dienone is 4. The smallest absolute Gasteiger partial charge is 0.189 e. The van der Waals surface area contributed by atoms with Gasteiger partial charge in [-0.3, -0.25) is 4.79 Å². The number of carbonyl (C=O) groups excluding carboxylic acids is 1. The zero-order chi connectivity index (χ0) is 20.1. The standard InChI is InChI=1S/C24H25NO3/c1-24(2)18-8-6-7-9-19(18)25(3)22(24)11-10-15-12-16-13-20(27-4)21(28-5)14-17(16)23(15)26/h6-11,13-14H,12H2,1-5H3. The summed E-state index contributed by atoms with van der Waals surface area (Å²) >= 11 is 0. The van der Waals surface area contributed by atoms with E-state index in [2.05, 4.69) is 56.1 Å². The van der Waals surface area contributed by atoms with Crippen LogP contribution in [0.2, 0.25) is 0 Å². The van der Waals surface area contributed by atoms with Crippen LogP contribution in [0.3, 0.4) is 0 Å². The van der Waals surface area contributed by atoms with Crippen molar-refractivity contribution < 1.29 is 14.3 Å². The van der Waals surface area contributed by atoms with Crippen LogP contribution in [-0.2, 0) is 11.8 Å². The third kappa shape index (κ3) is 2.63. The molecule has 1 aliphatic heterocycles. The fourth-order valence-corrected chi connectivity index (χ4v) is 4.35. The van der Waals surface area contributed by atoms with Crippen molar-refractivity contribution in [3.63, 3.8) is 0 Å². The van der Waals surface area contributed by atoms with Gasteiger partial charge in [0, 0.05) is 41.4 Å². The number of nitrogens with zero attached hydrogens (tertiary/aromatic N) is 1. The molecule has 0 atom stereocenters. The summed E-state index contributed by atoms with van der Waals surface area (Å²) in [6.45, 7) is 4.45. The minimum atomic E-state index is -0.108. The monoisotopic (exact) mass is 375 g/mol. The van der Waals surface area contributed by atoms with Crippen molar-refractivity contribution in [3.05, 3.63) is 76.5 Å². The zero-order valence-corrected chi connectivity index (χ0v) is 17.0. The van der Waals surface area contributed by atoms with Crippen LogP contribution in [0.1, 0.15) is 35.3 Å². The van der Waals surface area contributed by atoms with E-state index in [0.717, 1.165) is 11.1 Å². The first-order valence-electron chi connectivity index (χ1n) is 9.42. The average Bonchev–Trinajstić information content (AvgIpc) is 3.10. The average molecular weight is 375 g/mol.